The molecule has 1 amide bonds. The van der Waals surface area contributed by atoms with E-state index in [2.05, 4.69) is 0 Å². The molecular weight excluding hydrogens is 256 g/mol. The summed E-state index contributed by atoms with van der Waals surface area (Å²) in [7, 11) is 0. The fourth-order valence-corrected chi connectivity index (χ4v) is 1.71. The van der Waals surface area contributed by atoms with Crippen LogP contribution < -0.4 is 5.73 Å². The predicted molar refractivity (Wildman–Crippen MR) is 69.7 cm³/mol. The molecule has 3 N–H and O–H groups in total. The fourth-order valence-electron chi connectivity index (χ4n) is 1.53. The number of anilines is 1. The molecule has 98 valence electrons. The molecule has 0 aliphatic heterocycles. The van der Waals surface area contributed by atoms with Crippen LogP contribution in [0.5, 0.6) is 0 Å². The number of nitrogens with zero attached hydrogens (tertiary/aromatic N) is 1. The van der Waals surface area contributed by atoms with Gasteiger partial charge >= 0.3 is 5.97 Å². The molecule has 0 saturated carbocycles. The van der Waals surface area contributed by atoms with E-state index in [1.807, 2.05) is 6.92 Å². The van der Waals surface area contributed by atoms with Gasteiger partial charge in [-0.25, -0.2) is 0 Å². The van der Waals surface area contributed by atoms with E-state index in [1.54, 1.807) is 0 Å². The van der Waals surface area contributed by atoms with Gasteiger partial charge in [0, 0.05) is 12.1 Å². The van der Waals surface area contributed by atoms with Gasteiger partial charge in [0.25, 0.3) is 5.91 Å². The number of nitrogen functional groups attached to an aromatic ring is 1. The third kappa shape index (κ3) is 3.63. The first kappa shape index (κ1) is 14.3. The van der Waals surface area contributed by atoms with E-state index in [0.717, 1.165) is 0 Å². The fraction of sp³-hybridized carbons (Fsp3) is 0.333. The SMILES string of the molecule is CCCN(CC(=O)O)C(=O)c1ccc(N)c(Cl)c1. The molecule has 0 aliphatic carbocycles. The van der Waals surface area contributed by atoms with Crippen LogP contribution >= 0.6 is 11.6 Å². The van der Waals surface area contributed by atoms with Gasteiger partial charge in [-0.05, 0) is 24.6 Å². The van der Waals surface area contributed by atoms with Gasteiger partial charge in [0.05, 0.1) is 10.7 Å². The van der Waals surface area contributed by atoms with Crippen LogP contribution in [0, 0.1) is 0 Å². The second-order valence-corrected chi connectivity index (χ2v) is 4.26. The lowest BCUT2D eigenvalue weighted by Crippen LogP contribution is -2.36. The Morgan fingerprint density at radius 2 is 2.11 bits per heavy atom. The van der Waals surface area contributed by atoms with Crippen LogP contribution in [0.15, 0.2) is 18.2 Å². The van der Waals surface area contributed by atoms with Crippen molar-refractivity contribution in [3.05, 3.63) is 28.8 Å². The van der Waals surface area contributed by atoms with Crippen LogP contribution in [0.25, 0.3) is 0 Å². The van der Waals surface area contributed by atoms with Gasteiger partial charge in [0.15, 0.2) is 0 Å². The maximum absolute atomic E-state index is 12.1. The number of rotatable bonds is 5. The molecular formula is C12H15ClN2O3. The van der Waals surface area contributed by atoms with Crippen molar-refractivity contribution in [3.63, 3.8) is 0 Å². The number of carbonyl (C=O) groups excluding carboxylic acids is 1. The number of hydrogen-bond donors (Lipinski definition) is 2. The minimum Gasteiger partial charge on any atom is -0.480 e. The molecule has 0 fully saturated rings. The van der Waals surface area contributed by atoms with Crippen molar-refractivity contribution < 1.29 is 14.7 Å². The number of halogens is 1. The molecule has 1 aromatic carbocycles. The van der Waals surface area contributed by atoms with Crippen LogP contribution in [-0.2, 0) is 4.79 Å². The molecule has 0 aliphatic rings. The number of carbonyl (C=O) groups is 2. The molecule has 0 heterocycles. The van der Waals surface area contributed by atoms with Gasteiger partial charge in [-0.3, -0.25) is 9.59 Å². The third-order valence-electron chi connectivity index (χ3n) is 2.35. The first-order valence-corrected chi connectivity index (χ1v) is 5.89. The second kappa shape index (κ2) is 6.26. The highest BCUT2D eigenvalue weighted by Gasteiger charge is 2.18. The maximum atomic E-state index is 12.1. The van der Waals surface area contributed by atoms with E-state index in [4.69, 9.17) is 22.4 Å². The molecule has 1 aromatic rings. The highest BCUT2D eigenvalue weighted by atomic mass is 35.5. The van der Waals surface area contributed by atoms with E-state index in [-0.39, 0.29) is 17.5 Å². The lowest BCUT2D eigenvalue weighted by atomic mass is 10.1. The normalized spacial score (nSPS) is 10.1. The molecule has 18 heavy (non-hydrogen) atoms. The first-order chi connectivity index (χ1) is 8.45. The van der Waals surface area contributed by atoms with E-state index in [9.17, 15) is 9.59 Å². The van der Waals surface area contributed by atoms with Crippen molar-refractivity contribution in [2.24, 2.45) is 0 Å². The minimum absolute atomic E-state index is 0.285. The molecule has 0 radical (unpaired) electrons. The van der Waals surface area contributed by atoms with Crippen LogP contribution in [0.2, 0.25) is 5.02 Å². The topological polar surface area (TPSA) is 83.6 Å². The van der Waals surface area contributed by atoms with Crippen molar-refractivity contribution in [1.82, 2.24) is 4.90 Å². The number of aliphatic carboxylic acids is 1. The zero-order valence-corrected chi connectivity index (χ0v) is 10.8. The van der Waals surface area contributed by atoms with Gasteiger partial charge in [0.2, 0.25) is 0 Å². The zero-order chi connectivity index (χ0) is 13.7. The summed E-state index contributed by atoms with van der Waals surface area (Å²) < 4.78 is 0. The molecule has 0 unspecified atom stereocenters. The van der Waals surface area contributed by atoms with Crippen LogP contribution in [-0.4, -0.2) is 35.0 Å². The average Bonchev–Trinajstić information content (AvgIpc) is 2.31. The van der Waals surface area contributed by atoms with Crippen LogP contribution in [0.3, 0.4) is 0 Å². The Morgan fingerprint density at radius 3 is 2.61 bits per heavy atom. The summed E-state index contributed by atoms with van der Waals surface area (Å²) in [5.41, 5.74) is 6.27. The quantitative estimate of drug-likeness (QED) is 0.800. The molecule has 1 rings (SSSR count). The molecule has 0 atom stereocenters. The average molecular weight is 271 g/mol. The van der Waals surface area contributed by atoms with Gasteiger partial charge in [0.1, 0.15) is 6.54 Å². The summed E-state index contributed by atoms with van der Waals surface area (Å²) in [6.45, 7) is 1.93. The van der Waals surface area contributed by atoms with Gasteiger partial charge in [-0.1, -0.05) is 18.5 Å². The molecule has 0 saturated heterocycles. The Balaban J connectivity index is 2.93. The van der Waals surface area contributed by atoms with Crippen molar-refractivity contribution in [2.75, 3.05) is 18.8 Å². The summed E-state index contributed by atoms with van der Waals surface area (Å²) in [4.78, 5) is 24.1. The van der Waals surface area contributed by atoms with Gasteiger partial charge in [-0.15, -0.1) is 0 Å². The summed E-state index contributed by atoms with van der Waals surface area (Å²) in [5, 5.41) is 9.05. The number of nitrogens with two attached hydrogens (primary N) is 1. The van der Waals surface area contributed by atoms with Gasteiger partial charge in [-0.2, -0.15) is 0 Å². The monoisotopic (exact) mass is 270 g/mol. The Kier molecular flexibility index (Phi) is 4.97. The molecule has 6 heteroatoms. The predicted octanol–water partition coefficient (Wildman–Crippen LogP) is 1.86. The lowest BCUT2D eigenvalue weighted by molar-refractivity contribution is -0.137. The van der Waals surface area contributed by atoms with Crippen molar-refractivity contribution in [3.8, 4) is 0 Å². The number of benzene rings is 1. The van der Waals surface area contributed by atoms with Crippen LogP contribution in [0.1, 0.15) is 23.7 Å². The summed E-state index contributed by atoms with van der Waals surface area (Å²) in [5.74, 6) is -1.40. The summed E-state index contributed by atoms with van der Waals surface area (Å²) in [6, 6.07) is 4.51. The Morgan fingerprint density at radius 1 is 1.44 bits per heavy atom. The highest BCUT2D eigenvalue weighted by Crippen LogP contribution is 2.20. The summed E-state index contributed by atoms with van der Waals surface area (Å²) in [6.07, 6.45) is 0.682. The molecule has 0 spiro atoms. The smallest absolute Gasteiger partial charge is 0.323 e. The van der Waals surface area contributed by atoms with Crippen LogP contribution in [0.4, 0.5) is 5.69 Å². The number of hydrogen-bond acceptors (Lipinski definition) is 3. The van der Waals surface area contributed by atoms with E-state index in [0.29, 0.717) is 24.2 Å². The summed E-state index contributed by atoms with van der Waals surface area (Å²) >= 11 is 5.83. The van der Waals surface area contributed by atoms with Gasteiger partial charge < -0.3 is 15.7 Å². The lowest BCUT2D eigenvalue weighted by Gasteiger charge is -2.20. The minimum atomic E-state index is -1.04. The Labute approximate surface area is 110 Å². The number of carboxylic acid groups (broad SMARTS) is 1. The molecule has 0 bridgehead atoms. The number of amides is 1. The maximum Gasteiger partial charge on any atom is 0.323 e. The zero-order valence-electron chi connectivity index (χ0n) is 10.0. The van der Waals surface area contributed by atoms with Crippen molar-refractivity contribution in [2.45, 2.75) is 13.3 Å². The Hall–Kier alpha value is -1.75. The van der Waals surface area contributed by atoms with Crippen molar-refractivity contribution in [1.29, 1.82) is 0 Å². The Bertz CT molecular complexity index is 463. The first-order valence-electron chi connectivity index (χ1n) is 5.51. The molecule has 5 nitrogen and oxygen atoms in total. The van der Waals surface area contributed by atoms with E-state index < -0.39 is 5.97 Å². The second-order valence-electron chi connectivity index (χ2n) is 3.86. The number of carboxylic acids is 1. The van der Waals surface area contributed by atoms with E-state index in [1.165, 1.54) is 23.1 Å². The molecule has 0 aromatic heterocycles. The van der Waals surface area contributed by atoms with E-state index >= 15 is 0 Å². The largest absolute Gasteiger partial charge is 0.480 e. The third-order valence-corrected chi connectivity index (χ3v) is 2.68. The standard InChI is InChI=1S/C12H15ClN2O3/c1-2-5-15(7-11(16)17)12(18)8-3-4-10(14)9(13)6-8/h3-4,6H,2,5,7,14H2,1H3,(H,16,17). The van der Waals surface area contributed by atoms with Crippen molar-refractivity contribution >= 4 is 29.2 Å². The highest BCUT2D eigenvalue weighted by molar-refractivity contribution is 6.33.